The maximum absolute atomic E-state index is 11.8. The molecule has 5 heteroatoms. The van der Waals surface area contributed by atoms with Crippen LogP contribution in [0.4, 0.5) is 4.79 Å². The van der Waals surface area contributed by atoms with Crippen LogP contribution < -0.4 is 4.74 Å². The van der Waals surface area contributed by atoms with E-state index in [0.29, 0.717) is 18.6 Å². The van der Waals surface area contributed by atoms with Gasteiger partial charge in [0.25, 0.3) is 0 Å². The smallest absolute Gasteiger partial charge is 0.463 e. The van der Waals surface area contributed by atoms with Crippen LogP contribution >= 0.6 is 0 Å². The van der Waals surface area contributed by atoms with Gasteiger partial charge in [-0.15, -0.1) is 0 Å². The first-order valence-electron chi connectivity index (χ1n) is 10.5. The third-order valence-corrected chi connectivity index (χ3v) is 4.58. The lowest BCUT2D eigenvalue weighted by molar-refractivity contribution is -0.137. The highest BCUT2D eigenvalue weighted by Gasteiger charge is 2.07. The van der Waals surface area contributed by atoms with E-state index in [4.69, 9.17) is 14.2 Å². The van der Waals surface area contributed by atoms with Crippen molar-refractivity contribution in [1.29, 1.82) is 0 Å². The Bertz CT molecular complexity index is 793. The zero-order chi connectivity index (χ0) is 21.6. The molecule has 0 atom stereocenters. The average molecular weight is 411 g/mol. The Morgan fingerprint density at radius 2 is 1.43 bits per heavy atom. The fraction of sp³-hybridized carbons (Fsp3) is 0.360. The minimum atomic E-state index is -0.748. The van der Waals surface area contributed by atoms with E-state index in [9.17, 15) is 9.59 Å². The van der Waals surface area contributed by atoms with Gasteiger partial charge in [0.05, 0.1) is 13.2 Å². The lowest BCUT2D eigenvalue weighted by atomic mass is 10.0. The highest BCUT2D eigenvalue weighted by molar-refractivity contribution is 5.81. The van der Waals surface area contributed by atoms with Gasteiger partial charge in [0.2, 0.25) is 0 Å². The van der Waals surface area contributed by atoms with E-state index in [1.165, 1.54) is 24.8 Å². The van der Waals surface area contributed by atoms with Gasteiger partial charge in [0.1, 0.15) is 5.75 Å². The maximum Gasteiger partial charge on any atom is 0.513 e. The van der Waals surface area contributed by atoms with E-state index in [2.05, 4.69) is 37.8 Å². The molecule has 0 fully saturated rings. The normalized spacial score (nSPS) is 10.3. The Morgan fingerprint density at radius 1 is 0.833 bits per heavy atom. The van der Waals surface area contributed by atoms with Crippen molar-refractivity contribution < 1.29 is 23.8 Å². The summed E-state index contributed by atoms with van der Waals surface area (Å²) in [6, 6.07) is 15.9. The van der Waals surface area contributed by atoms with Crippen LogP contribution in [0.15, 0.2) is 61.2 Å². The van der Waals surface area contributed by atoms with Gasteiger partial charge in [-0.1, -0.05) is 62.7 Å². The molecule has 2 rings (SSSR count). The third-order valence-electron chi connectivity index (χ3n) is 4.58. The van der Waals surface area contributed by atoms with Crippen LogP contribution in [0, 0.1) is 0 Å². The predicted molar refractivity (Wildman–Crippen MR) is 117 cm³/mol. The first kappa shape index (κ1) is 23.2. The molecule has 0 N–H and O–H groups in total. The molecule has 5 nitrogen and oxygen atoms in total. The molecule has 0 heterocycles. The molecule has 30 heavy (non-hydrogen) atoms. The summed E-state index contributed by atoms with van der Waals surface area (Å²) in [4.78, 5) is 22.6. The summed E-state index contributed by atoms with van der Waals surface area (Å²) in [6.07, 6.45) is 6.37. The Balaban J connectivity index is 1.72. The fourth-order valence-electron chi connectivity index (χ4n) is 2.88. The minimum absolute atomic E-state index is 0.202. The number of esters is 1. The Kier molecular flexibility index (Phi) is 10.2. The van der Waals surface area contributed by atoms with Crippen LogP contribution in [0.1, 0.15) is 44.6 Å². The Hall–Kier alpha value is -3.08. The first-order valence-corrected chi connectivity index (χ1v) is 10.5. The SMILES string of the molecule is C=CC(=O)OCCCCOC(=O)Oc1ccc(-c2ccc(CCCCC)cc2)cc1. The molecule has 2 aromatic carbocycles. The maximum atomic E-state index is 11.8. The standard InChI is InChI=1S/C25H30O5/c1-3-5-6-9-20-10-12-21(13-11-20)22-14-16-23(17-15-22)30-25(27)29-19-8-7-18-28-24(26)4-2/h4,10-17H,2-3,5-9,18-19H2,1H3. The van der Waals surface area contributed by atoms with Gasteiger partial charge in [0, 0.05) is 6.08 Å². The number of ether oxygens (including phenoxy) is 3. The molecule has 0 bridgehead atoms. The van der Waals surface area contributed by atoms with E-state index in [1.807, 2.05) is 12.1 Å². The molecule has 0 saturated carbocycles. The van der Waals surface area contributed by atoms with Crippen molar-refractivity contribution in [3.05, 3.63) is 66.7 Å². The molecule has 0 spiro atoms. The van der Waals surface area contributed by atoms with Gasteiger partial charge in [0.15, 0.2) is 0 Å². The molecule has 160 valence electrons. The molecule has 0 saturated heterocycles. The van der Waals surface area contributed by atoms with Gasteiger partial charge in [-0.25, -0.2) is 9.59 Å². The molecular formula is C25H30O5. The zero-order valence-corrected chi connectivity index (χ0v) is 17.6. The summed E-state index contributed by atoms with van der Waals surface area (Å²) < 4.78 is 15.0. The summed E-state index contributed by atoms with van der Waals surface area (Å²) in [5, 5.41) is 0. The predicted octanol–water partition coefficient (Wildman–Crippen LogP) is 6.11. The molecule has 0 radical (unpaired) electrons. The van der Waals surface area contributed by atoms with E-state index < -0.39 is 12.1 Å². The summed E-state index contributed by atoms with van der Waals surface area (Å²) >= 11 is 0. The van der Waals surface area contributed by atoms with Crippen LogP contribution in [0.5, 0.6) is 5.75 Å². The van der Waals surface area contributed by atoms with Crippen molar-refractivity contribution in [3.63, 3.8) is 0 Å². The van der Waals surface area contributed by atoms with Crippen molar-refractivity contribution >= 4 is 12.1 Å². The van der Waals surface area contributed by atoms with E-state index >= 15 is 0 Å². The highest BCUT2D eigenvalue weighted by atomic mass is 16.7. The van der Waals surface area contributed by atoms with E-state index in [1.54, 1.807) is 12.1 Å². The second-order valence-corrected chi connectivity index (χ2v) is 6.96. The second-order valence-electron chi connectivity index (χ2n) is 6.96. The quantitative estimate of drug-likeness (QED) is 0.183. The number of aryl methyl sites for hydroxylation is 1. The third kappa shape index (κ3) is 8.52. The molecule has 0 aromatic heterocycles. The summed E-state index contributed by atoms with van der Waals surface area (Å²) in [7, 11) is 0. The lowest BCUT2D eigenvalue weighted by Gasteiger charge is -2.08. The number of rotatable bonds is 12. The fourth-order valence-corrected chi connectivity index (χ4v) is 2.88. The van der Waals surface area contributed by atoms with Crippen molar-refractivity contribution in [3.8, 4) is 16.9 Å². The number of carbonyl (C=O) groups is 2. The highest BCUT2D eigenvalue weighted by Crippen LogP contribution is 2.23. The molecule has 0 aliphatic carbocycles. The summed E-state index contributed by atoms with van der Waals surface area (Å²) in [6.45, 7) is 6.00. The van der Waals surface area contributed by atoms with Crippen LogP contribution in [0.2, 0.25) is 0 Å². The Labute approximate surface area is 178 Å². The van der Waals surface area contributed by atoms with Crippen molar-refractivity contribution in [2.24, 2.45) is 0 Å². The van der Waals surface area contributed by atoms with Crippen LogP contribution in [-0.4, -0.2) is 25.3 Å². The number of unbranched alkanes of at least 4 members (excludes halogenated alkanes) is 3. The molecule has 0 unspecified atom stereocenters. The van der Waals surface area contributed by atoms with Crippen molar-refractivity contribution in [2.75, 3.05) is 13.2 Å². The number of hydrogen-bond acceptors (Lipinski definition) is 5. The molecular weight excluding hydrogens is 380 g/mol. The monoisotopic (exact) mass is 410 g/mol. The molecule has 0 amide bonds. The van der Waals surface area contributed by atoms with Crippen LogP contribution in [0.25, 0.3) is 11.1 Å². The van der Waals surface area contributed by atoms with Gasteiger partial charge >= 0.3 is 12.1 Å². The van der Waals surface area contributed by atoms with Gasteiger partial charge in [-0.3, -0.25) is 0 Å². The first-order chi connectivity index (χ1) is 14.6. The topological polar surface area (TPSA) is 61.8 Å². The van der Waals surface area contributed by atoms with Gasteiger partial charge in [-0.05, 0) is 54.5 Å². The summed E-state index contributed by atoms with van der Waals surface area (Å²) in [5.74, 6) is -0.0264. The minimum Gasteiger partial charge on any atom is -0.463 e. The second kappa shape index (κ2) is 13.2. The van der Waals surface area contributed by atoms with E-state index in [0.717, 1.165) is 23.6 Å². The van der Waals surface area contributed by atoms with Crippen LogP contribution in [0.3, 0.4) is 0 Å². The molecule has 0 aliphatic heterocycles. The zero-order valence-electron chi connectivity index (χ0n) is 17.6. The number of benzene rings is 2. The van der Waals surface area contributed by atoms with Gasteiger partial charge < -0.3 is 14.2 Å². The van der Waals surface area contributed by atoms with Crippen molar-refractivity contribution in [1.82, 2.24) is 0 Å². The molecule has 2 aromatic rings. The largest absolute Gasteiger partial charge is 0.513 e. The molecule has 0 aliphatic rings. The lowest BCUT2D eigenvalue weighted by Crippen LogP contribution is -2.12. The average Bonchev–Trinajstić information content (AvgIpc) is 2.77. The van der Waals surface area contributed by atoms with Gasteiger partial charge in [-0.2, -0.15) is 0 Å². The number of carbonyl (C=O) groups excluding carboxylic acids is 2. The van der Waals surface area contributed by atoms with Crippen LogP contribution in [-0.2, 0) is 20.7 Å². The van der Waals surface area contributed by atoms with E-state index in [-0.39, 0.29) is 13.2 Å². The summed E-state index contributed by atoms with van der Waals surface area (Å²) in [5.41, 5.74) is 3.54. The van der Waals surface area contributed by atoms with Crippen molar-refractivity contribution in [2.45, 2.75) is 45.4 Å². The number of hydrogen-bond donors (Lipinski definition) is 0. The Morgan fingerprint density at radius 3 is 2.03 bits per heavy atom.